The first kappa shape index (κ1) is 15.0. The SMILES string of the molecule is CCNC(=O)c1sc(N2CCC(C)(C)C2)c(OC)c1N. The molecule has 0 unspecified atom stereocenters. The van der Waals surface area contributed by atoms with E-state index in [4.69, 9.17) is 10.5 Å². The zero-order chi connectivity index (χ0) is 14.9. The highest BCUT2D eigenvalue weighted by Crippen LogP contribution is 2.47. The lowest BCUT2D eigenvalue weighted by atomic mass is 9.93. The van der Waals surface area contributed by atoms with E-state index in [-0.39, 0.29) is 11.3 Å². The van der Waals surface area contributed by atoms with Crippen molar-refractivity contribution in [3.05, 3.63) is 4.88 Å². The van der Waals surface area contributed by atoms with Crippen molar-refractivity contribution in [2.75, 3.05) is 37.4 Å². The van der Waals surface area contributed by atoms with Crippen LogP contribution in [0, 0.1) is 5.41 Å². The predicted octanol–water partition coefficient (Wildman–Crippen LogP) is 2.32. The summed E-state index contributed by atoms with van der Waals surface area (Å²) >= 11 is 1.42. The molecular formula is C14H23N3O2S. The highest BCUT2D eigenvalue weighted by atomic mass is 32.1. The van der Waals surface area contributed by atoms with Gasteiger partial charge in [-0.1, -0.05) is 13.8 Å². The molecule has 0 saturated carbocycles. The molecule has 1 saturated heterocycles. The first-order valence-electron chi connectivity index (χ1n) is 6.89. The number of thiophene rings is 1. The second-order valence-electron chi connectivity index (χ2n) is 5.88. The number of hydrogen-bond acceptors (Lipinski definition) is 5. The second-order valence-corrected chi connectivity index (χ2v) is 6.88. The maximum atomic E-state index is 12.0. The Morgan fingerprint density at radius 2 is 2.25 bits per heavy atom. The molecule has 0 spiro atoms. The van der Waals surface area contributed by atoms with E-state index in [0.29, 0.717) is 22.9 Å². The Bertz CT molecular complexity index is 511. The van der Waals surface area contributed by atoms with Crippen LogP contribution in [0.5, 0.6) is 5.75 Å². The summed E-state index contributed by atoms with van der Waals surface area (Å²) in [5.41, 5.74) is 6.81. The van der Waals surface area contributed by atoms with Crippen LogP contribution in [-0.4, -0.2) is 32.7 Å². The Labute approximate surface area is 124 Å². The summed E-state index contributed by atoms with van der Waals surface area (Å²) in [5, 5.41) is 3.76. The van der Waals surface area contributed by atoms with Crippen LogP contribution in [-0.2, 0) is 0 Å². The van der Waals surface area contributed by atoms with Gasteiger partial charge in [-0.2, -0.15) is 0 Å². The molecule has 0 aromatic carbocycles. The quantitative estimate of drug-likeness (QED) is 0.895. The fraction of sp³-hybridized carbons (Fsp3) is 0.643. The Kier molecular flexibility index (Phi) is 4.13. The van der Waals surface area contributed by atoms with E-state index in [0.717, 1.165) is 24.5 Å². The maximum Gasteiger partial charge on any atom is 0.263 e. The first-order valence-corrected chi connectivity index (χ1v) is 7.70. The van der Waals surface area contributed by atoms with Gasteiger partial charge >= 0.3 is 0 Å². The molecule has 1 fully saturated rings. The van der Waals surface area contributed by atoms with Gasteiger partial charge in [0.05, 0.1) is 7.11 Å². The molecule has 1 aromatic rings. The summed E-state index contributed by atoms with van der Waals surface area (Å²) < 4.78 is 5.43. The van der Waals surface area contributed by atoms with Gasteiger partial charge in [-0.3, -0.25) is 4.79 Å². The highest BCUT2D eigenvalue weighted by molar-refractivity contribution is 7.19. The molecule has 1 aromatic heterocycles. The van der Waals surface area contributed by atoms with Crippen LogP contribution < -0.4 is 20.7 Å². The number of carbonyl (C=O) groups excluding carboxylic acids is 1. The van der Waals surface area contributed by atoms with Crippen LogP contribution in [0.4, 0.5) is 10.7 Å². The largest absolute Gasteiger partial charge is 0.492 e. The number of hydrogen-bond donors (Lipinski definition) is 2. The van der Waals surface area contributed by atoms with Crippen LogP contribution in [0.15, 0.2) is 0 Å². The molecule has 2 rings (SSSR count). The summed E-state index contributed by atoms with van der Waals surface area (Å²) in [4.78, 5) is 14.8. The summed E-state index contributed by atoms with van der Waals surface area (Å²) in [5.74, 6) is 0.506. The number of amides is 1. The Morgan fingerprint density at radius 1 is 1.55 bits per heavy atom. The first-order chi connectivity index (χ1) is 9.39. The number of nitrogens with zero attached hydrogens (tertiary/aromatic N) is 1. The van der Waals surface area contributed by atoms with Gasteiger partial charge in [0.2, 0.25) is 0 Å². The van der Waals surface area contributed by atoms with Crippen molar-refractivity contribution in [3.63, 3.8) is 0 Å². The van der Waals surface area contributed by atoms with Crippen LogP contribution >= 0.6 is 11.3 Å². The molecule has 20 heavy (non-hydrogen) atoms. The van der Waals surface area contributed by atoms with Crippen LogP contribution in [0.1, 0.15) is 36.9 Å². The van der Waals surface area contributed by atoms with Crippen molar-refractivity contribution >= 4 is 27.9 Å². The van der Waals surface area contributed by atoms with E-state index < -0.39 is 0 Å². The zero-order valence-electron chi connectivity index (χ0n) is 12.6. The van der Waals surface area contributed by atoms with Crippen LogP contribution in [0.2, 0.25) is 0 Å². The van der Waals surface area contributed by atoms with Gasteiger partial charge in [0.1, 0.15) is 15.6 Å². The lowest BCUT2D eigenvalue weighted by Gasteiger charge is -2.20. The molecule has 0 bridgehead atoms. The van der Waals surface area contributed by atoms with Gasteiger partial charge in [-0.25, -0.2) is 0 Å². The topological polar surface area (TPSA) is 67.6 Å². The van der Waals surface area contributed by atoms with E-state index >= 15 is 0 Å². The fourth-order valence-corrected chi connectivity index (χ4v) is 3.65. The van der Waals surface area contributed by atoms with E-state index in [1.165, 1.54) is 11.3 Å². The molecule has 1 amide bonds. The van der Waals surface area contributed by atoms with Crippen molar-refractivity contribution in [1.82, 2.24) is 5.32 Å². The molecule has 1 aliphatic heterocycles. The molecule has 6 heteroatoms. The minimum atomic E-state index is -0.127. The van der Waals surface area contributed by atoms with Gasteiger partial charge in [0.25, 0.3) is 5.91 Å². The van der Waals surface area contributed by atoms with Crippen LogP contribution in [0.25, 0.3) is 0 Å². The third-order valence-electron chi connectivity index (χ3n) is 3.59. The van der Waals surface area contributed by atoms with Gasteiger partial charge in [0.15, 0.2) is 5.75 Å². The standard InChI is InChI=1S/C14H23N3O2S/c1-5-16-12(18)11-9(15)10(19-4)13(20-11)17-7-6-14(2,3)8-17/h5-8,15H2,1-4H3,(H,16,18). The molecule has 1 aliphatic rings. The van der Waals surface area contributed by atoms with Crippen molar-refractivity contribution < 1.29 is 9.53 Å². The Balaban J connectivity index is 2.34. The maximum absolute atomic E-state index is 12.0. The number of nitrogens with two attached hydrogens (primary N) is 1. The third kappa shape index (κ3) is 2.70. The summed E-state index contributed by atoms with van der Waals surface area (Å²) in [6, 6.07) is 0. The van der Waals surface area contributed by atoms with Gasteiger partial charge in [0, 0.05) is 19.6 Å². The fourth-order valence-electron chi connectivity index (χ4n) is 2.52. The van der Waals surface area contributed by atoms with E-state index in [1.54, 1.807) is 7.11 Å². The van der Waals surface area contributed by atoms with Crippen molar-refractivity contribution in [2.45, 2.75) is 27.2 Å². The molecule has 3 N–H and O–H groups in total. The number of nitrogens with one attached hydrogen (secondary N) is 1. The second kappa shape index (κ2) is 5.52. The van der Waals surface area contributed by atoms with E-state index in [2.05, 4.69) is 24.1 Å². The van der Waals surface area contributed by atoms with Gasteiger partial charge in [-0.15, -0.1) is 11.3 Å². The molecule has 5 nitrogen and oxygen atoms in total. The smallest absolute Gasteiger partial charge is 0.263 e. The minimum absolute atomic E-state index is 0.127. The molecule has 0 radical (unpaired) electrons. The van der Waals surface area contributed by atoms with Gasteiger partial charge < -0.3 is 20.7 Å². The third-order valence-corrected chi connectivity index (χ3v) is 4.84. The normalized spacial score (nSPS) is 17.3. The lowest BCUT2D eigenvalue weighted by Crippen LogP contribution is -2.22. The van der Waals surface area contributed by atoms with Crippen LogP contribution in [0.3, 0.4) is 0 Å². The monoisotopic (exact) mass is 297 g/mol. The minimum Gasteiger partial charge on any atom is -0.492 e. The van der Waals surface area contributed by atoms with Crippen molar-refractivity contribution in [2.24, 2.45) is 5.41 Å². The summed E-state index contributed by atoms with van der Waals surface area (Å²) in [6.07, 6.45) is 1.13. The highest BCUT2D eigenvalue weighted by Gasteiger charge is 2.33. The number of nitrogen functional groups attached to an aromatic ring is 1. The number of rotatable bonds is 4. The number of anilines is 2. The summed E-state index contributed by atoms with van der Waals surface area (Å²) in [7, 11) is 1.60. The Morgan fingerprint density at radius 3 is 2.75 bits per heavy atom. The molecular weight excluding hydrogens is 274 g/mol. The van der Waals surface area contributed by atoms with Crippen molar-refractivity contribution in [3.8, 4) is 5.75 Å². The average molecular weight is 297 g/mol. The summed E-state index contributed by atoms with van der Waals surface area (Å²) in [6.45, 7) is 8.91. The molecule has 0 aliphatic carbocycles. The molecule has 112 valence electrons. The van der Waals surface area contributed by atoms with E-state index in [9.17, 15) is 4.79 Å². The molecule has 0 atom stereocenters. The predicted molar refractivity (Wildman–Crippen MR) is 83.9 cm³/mol. The lowest BCUT2D eigenvalue weighted by molar-refractivity contribution is 0.0960. The van der Waals surface area contributed by atoms with Crippen molar-refractivity contribution in [1.29, 1.82) is 0 Å². The number of ether oxygens (including phenoxy) is 1. The van der Waals surface area contributed by atoms with Gasteiger partial charge in [-0.05, 0) is 18.8 Å². The molecule has 2 heterocycles. The number of carbonyl (C=O) groups is 1. The van der Waals surface area contributed by atoms with E-state index in [1.807, 2.05) is 6.92 Å². The average Bonchev–Trinajstić information content (AvgIpc) is 2.89. The zero-order valence-corrected chi connectivity index (χ0v) is 13.4. The number of methoxy groups -OCH3 is 1. The Hall–Kier alpha value is -1.43.